The summed E-state index contributed by atoms with van der Waals surface area (Å²) in [4.78, 5) is 13.4. The predicted octanol–water partition coefficient (Wildman–Crippen LogP) is 4.00. The van der Waals surface area contributed by atoms with Crippen LogP contribution in [-0.2, 0) is 22.2 Å². The average Bonchev–Trinajstić information content (AvgIpc) is 3.31. The van der Waals surface area contributed by atoms with Crippen LogP contribution in [0.15, 0.2) is 36.4 Å². The molecule has 1 saturated carbocycles. The molecule has 2 heterocycles. The van der Waals surface area contributed by atoms with Crippen molar-refractivity contribution in [3.05, 3.63) is 53.2 Å². The number of carbonyl (C=O) groups is 1. The van der Waals surface area contributed by atoms with Crippen LogP contribution in [0.2, 0.25) is 0 Å². The van der Waals surface area contributed by atoms with Crippen molar-refractivity contribution in [2.45, 2.75) is 64.0 Å². The number of nitrogens with zero attached hydrogens (tertiary/aromatic N) is 1. The van der Waals surface area contributed by atoms with Gasteiger partial charge < -0.3 is 29.6 Å². The Hall–Kier alpha value is -3.03. The second-order valence-electron chi connectivity index (χ2n) is 10.6. The number of fused-ring (bicyclic) bond motifs is 2. The molecule has 1 atom stereocenters. The van der Waals surface area contributed by atoms with Crippen molar-refractivity contribution in [2.75, 3.05) is 18.7 Å². The molecule has 2 aliphatic rings. The van der Waals surface area contributed by atoms with Crippen LogP contribution in [0.5, 0.6) is 11.5 Å². The van der Waals surface area contributed by atoms with Gasteiger partial charge in [-0.25, -0.2) is 0 Å². The fourth-order valence-electron chi connectivity index (χ4n) is 5.00. The summed E-state index contributed by atoms with van der Waals surface area (Å²) in [5.74, 6) is 1.39. The van der Waals surface area contributed by atoms with E-state index in [0.29, 0.717) is 18.0 Å². The number of aliphatic hydroxyl groups excluding tert-OH is 2. The molecule has 34 heavy (non-hydrogen) atoms. The normalized spacial score (nSPS) is 17.1. The number of ether oxygens (including phenoxy) is 2. The van der Waals surface area contributed by atoms with E-state index in [1.165, 1.54) is 0 Å². The highest BCUT2D eigenvalue weighted by Gasteiger charge is 2.51. The van der Waals surface area contributed by atoms with Crippen LogP contribution in [-0.4, -0.2) is 40.2 Å². The monoisotopic (exact) mass is 464 g/mol. The van der Waals surface area contributed by atoms with Crippen molar-refractivity contribution in [1.82, 2.24) is 4.57 Å². The maximum Gasteiger partial charge on any atom is 0.235 e. The molecule has 0 bridgehead atoms. The van der Waals surface area contributed by atoms with Gasteiger partial charge in [0.1, 0.15) is 0 Å². The van der Waals surface area contributed by atoms with Gasteiger partial charge in [0.05, 0.1) is 30.2 Å². The third-order valence-electron chi connectivity index (χ3n) is 6.92. The second kappa shape index (κ2) is 8.03. The van der Waals surface area contributed by atoms with E-state index < -0.39 is 11.5 Å². The van der Waals surface area contributed by atoms with Crippen molar-refractivity contribution < 1.29 is 24.5 Å². The van der Waals surface area contributed by atoms with Gasteiger partial charge in [0.25, 0.3) is 0 Å². The van der Waals surface area contributed by atoms with E-state index in [1.54, 1.807) is 0 Å². The molecule has 0 radical (unpaired) electrons. The third kappa shape index (κ3) is 3.83. The number of hydrogen-bond donors (Lipinski definition) is 3. The summed E-state index contributed by atoms with van der Waals surface area (Å²) in [5, 5.41) is 23.7. The summed E-state index contributed by atoms with van der Waals surface area (Å²) in [6, 6.07) is 11.8. The Morgan fingerprint density at radius 1 is 1.15 bits per heavy atom. The number of rotatable bonds is 6. The Balaban J connectivity index is 1.47. The number of hydrogen-bond acceptors (Lipinski definition) is 5. The molecule has 2 aromatic carbocycles. The summed E-state index contributed by atoms with van der Waals surface area (Å²) in [6.45, 7) is 8.63. The quantitative estimate of drug-likeness (QED) is 0.513. The summed E-state index contributed by atoms with van der Waals surface area (Å²) >= 11 is 0. The zero-order valence-corrected chi connectivity index (χ0v) is 20.1. The van der Waals surface area contributed by atoms with Crippen LogP contribution in [0.1, 0.15) is 50.4 Å². The first-order chi connectivity index (χ1) is 16.1. The van der Waals surface area contributed by atoms with Crippen molar-refractivity contribution in [1.29, 1.82) is 0 Å². The number of nitrogens with one attached hydrogen (secondary N) is 1. The highest BCUT2D eigenvalue weighted by molar-refractivity contribution is 6.03. The van der Waals surface area contributed by atoms with Gasteiger partial charge in [-0.05, 0) is 61.2 Å². The van der Waals surface area contributed by atoms with Crippen LogP contribution >= 0.6 is 0 Å². The van der Waals surface area contributed by atoms with E-state index in [1.807, 2.05) is 37.3 Å². The molecule has 0 saturated heterocycles. The highest BCUT2D eigenvalue weighted by Crippen LogP contribution is 2.51. The lowest BCUT2D eigenvalue weighted by Gasteiger charge is -2.24. The van der Waals surface area contributed by atoms with E-state index in [9.17, 15) is 15.0 Å². The van der Waals surface area contributed by atoms with Gasteiger partial charge in [-0.3, -0.25) is 4.79 Å². The third-order valence-corrected chi connectivity index (χ3v) is 6.92. The van der Waals surface area contributed by atoms with E-state index in [0.717, 1.165) is 46.3 Å². The minimum absolute atomic E-state index is 0.0173. The Labute approximate surface area is 199 Å². The van der Waals surface area contributed by atoms with Gasteiger partial charge in [0.2, 0.25) is 12.7 Å². The Morgan fingerprint density at radius 3 is 2.56 bits per heavy atom. The fraction of sp³-hybridized carbons (Fsp3) is 0.444. The van der Waals surface area contributed by atoms with Crippen LogP contribution in [0.25, 0.3) is 10.9 Å². The number of aromatic nitrogens is 1. The Kier molecular flexibility index (Phi) is 5.37. The molecular weight excluding hydrogens is 432 g/mol. The zero-order chi connectivity index (χ0) is 24.3. The van der Waals surface area contributed by atoms with Gasteiger partial charge in [-0.15, -0.1) is 0 Å². The largest absolute Gasteiger partial charge is 0.454 e. The van der Waals surface area contributed by atoms with E-state index in [-0.39, 0.29) is 24.7 Å². The average molecular weight is 465 g/mol. The van der Waals surface area contributed by atoms with E-state index in [2.05, 4.69) is 36.7 Å². The molecule has 1 amide bonds. The van der Waals surface area contributed by atoms with Crippen LogP contribution in [0, 0.1) is 6.92 Å². The van der Waals surface area contributed by atoms with E-state index in [4.69, 9.17) is 9.47 Å². The zero-order valence-electron chi connectivity index (χ0n) is 20.1. The number of benzene rings is 2. The molecular formula is C27H32N2O5. The van der Waals surface area contributed by atoms with Crippen molar-refractivity contribution in [3.63, 3.8) is 0 Å². The first-order valence-corrected chi connectivity index (χ1v) is 11.8. The van der Waals surface area contributed by atoms with Crippen LogP contribution in [0.3, 0.4) is 0 Å². The summed E-state index contributed by atoms with van der Waals surface area (Å²) in [6.07, 6.45) is 0.749. The molecule has 7 nitrogen and oxygen atoms in total. The molecule has 5 rings (SSSR count). The van der Waals surface area contributed by atoms with E-state index >= 15 is 0 Å². The van der Waals surface area contributed by atoms with Crippen molar-refractivity contribution >= 4 is 22.5 Å². The van der Waals surface area contributed by atoms with Crippen molar-refractivity contribution in [2.24, 2.45) is 0 Å². The van der Waals surface area contributed by atoms with Gasteiger partial charge in [-0.1, -0.05) is 26.8 Å². The van der Waals surface area contributed by atoms with Crippen LogP contribution in [0.4, 0.5) is 5.69 Å². The van der Waals surface area contributed by atoms with Crippen LogP contribution < -0.4 is 14.8 Å². The van der Waals surface area contributed by atoms with Gasteiger partial charge in [0, 0.05) is 22.2 Å². The molecule has 3 N–H and O–H groups in total. The molecule has 1 fully saturated rings. The first-order valence-electron chi connectivity index (χ1n) is 11.8. The maximum absolute atomic E-state index is 13.4. The highest BCUT2D eigenvalue weighted by atomic mass is 16.7. The molecule has 7 heteroatoms. The lowest BCUT2D eigenvalue weighted by atomic mass is 9.92. The SMILES string of the molecule is Cc1cc(NC(=O)C2(c3ccc4c(c3)OCO4)CC2)cc2cc(C(C)(C)C)n(C[C@@H](O)CO)c12. The standard InChI is InChI=1S/C27H32N2O5/c1-16-9-19(10-17-11-23(26(2,3)4)29(24(16)17)13-20(31)14-30)28-25(32)27(7-8-27)18-5-6-21-22(12-18)34-15-33-21/h5-6,9-12,20,30-31H,7-8,13-15H2,1-4H3,(H,28,32)/t20-/m1/s1. The fourth-order valence-corrected chi connectivity index (χ4v) is 5.00. The lowest BCUT2D eigenvalue weighted by molar-refractivity contribution is -0.118. The minimum Gasteiger partial charge on any atom is -0.454 e. The summed E-state index contributed by atoms with van der Waals surface area (Å²) in [7, 11) is 0. The number of carbonyl (C=O) groups excluding carboxylic acids is 1. The summed E-state index contributed by atoms with van der Waals surface area (Å²) in [5.41, 5.74) is 4.09. The predicted molar refractivity (Wildman–Crippen MR) is 131 cm³/mol. The van der Waals surface area contributed by atoms with Crippen molar-refractivity contribution in [3.8, 4) is 11.5 Å². The van der Waals surface area contributed by atoms with Gasteiger partial charge in [-0.2, -0.15) is 0 Å². The molecule has 0 unspecified atom stereocenters. The summed E-state index contributed by atoms with van der Waals surface area (Å²) < 4.78 is 13.0. The number of anilines is 1. The van der Waals surface area contributed by atoms with Gasteiger partial charge in [0.15, 0.2) is 11.5 Å². The molecule has 0 spiro atoms. The number of aliphatic hydroxyl groups is 2. The molecule has 1 aromatic heterocycles. The molecule has 1 aliphatic heterocycles. The minimum atomic E-state index is -0.841. The first kappa shape index (κ1) is 22.7. The molecule has 3 aromatic rings. The topological polar surface area (TPSA) is 93.0 Å². The number of amides is 1. The smallest absolute Gasteiger partial charge is 0.235 e. The maximum atomic E-state index is 13.4. The second-order valence-corrected chi connectivity index (χ2v) is 10.6. The molecule has 180 valence electrons. The Morgan fingerprint density at radius 2 is 1.88 bits per heavy atom. The lowest BCUT2D eigenvalue weighted by Crippen LogP contribution is -2.27. The molecule has 1 aliphatic carbocycles. The Bertz CT molecular complexity index is 1270. The number of aryl methyl sites for hydroxylation is 1. The van der Waals surface area contributed by atoms with Gasteiger partial charge >= 0.3 is 0 Å².